The van der Waals surface area contributed by atoms with E-state index in [2.05, 4.69) is 37.5 Å². The lowest BCUT2D eigenvalue weighted by Gasteiger charge is -2.25. The summed E-state index contributed by atoms with van der Waals surface area (Å²) in [4.78, 5) is 11.9. The lowest BCUT2D eigenvalue weighted by molar-refractivity contribution is -0.138. The smallest absolute Gasteiger partial charge is 0.321 e. The van der Waals surface area contributed by atoms with Gasteiger partial charge in [-0.2, -0.15) is 0 Å². The molecular formula is C12H20N2O2S. The number of carboxylic acids is 1. The van der Waals surface area contributed by atoms with E-state index in [1.54, 1.807) is 11.3 Å². The summed E-state index contributed by atoms with van der Waals surface area (Å²) in [5.74, 6) is -0.970. The zero-order chi connectivity index (χ0) is 13.1. The molecular weight excluding hydrogens is 236 g/mol. The molecule has 1 unspecified atom stereocenters. The molecule has 1 atom stereocenters. The Morgan fingerprint density at radius 3 is 2.76 bits per heavy atom. The maximum Gasteiger partial charge on any atom is 0.321 e. The average molecular weight is 256 g/mol. The van der Waals surface area contributed by atoms with Crippen molar-refractivity contribution in [2.24, 2.45) is 5.73 Å². The third kappa shape index (κ3) is 3.80. The summed E-state index contributed by atoms with van der Waals surface area (Å²) in [7, 11) is 0. The monoisotopic (exact) mass is 256 g/mol. The topological polar surface area (TPSA) is 75.3 Å². The van der Waals surface area contributed by atoms with Gasteiger partial charge in [-0.3, -0.25) is 4.79 Å². The minimum Gasteiger partial charge on any atom is -0.480 e. The number of nitrogens with two attached hydrogens (primary N) is 1. The summed E-state index contributed by atoms with van der Waals surface area (Å²) in [5, 5.41) is 13.9. The number of aliphatic carboxylic acids is 1. The van der Waals surface area contributed by atoms with Crippen LogP contribution in [-0.4, -0.2) is 30.2 Å². The molecule has 4 nitrogen and oxygen atoms in total. The van der Waals surface area contributed by atoms with Gasteiger partial charge in [0.1, 0.15) is 6.04 Å². The minimum absolute atomic E-state index is 0.00350. The lowest BCUT2D eigenvalue weighted by atomic mass is 9.89. The number of hydrogen-bond donors (Lipinski definition) is 3. The van der Waals surface area contributed by atoms with Crippen LogP contribution in [0.3, 0.4) is 0 Å². The molecule has 0 aliphatic carbocycles. The Morgan fingerprint density at radius 1 is 1.65 bits per heavy atom. The molecule has 0 saturated carbocycles. The average Bonchev–Trinajstić information content (AvgIpc) is 2.64. The van der Waals surface area contributed by atoms with Crippen molar-refractivity contribution >= 4 is 17.3 Å². The van der Waals surface area contributed by atoms with Gasteiger partial charge in [-0.1, -0.05) is 13.8 Å². The van der Waals surface area contributed by atoms with Crippen molar-refractivity contribution in [3.05, 3.63) is 21.9 Å². The van der Waals surface area contributed by atoms with Gasteiger partial charge < -0.3 is 16.2 Å². The van der Waals surface area contributed by atoms with Crippen LogP contribution in [0.1, 0.15) is 24.3 Å². The molecule has 1 rings (SSSR count). The van der Waals surface area contributed by atoms with E-state index in [9.17, 15) is 4.79 Å². The molecule has 0 aromatic carbocycles. The van der Waals surface area contributed by atoms with Gasteiger partial charge in [-0.05, 0) is 23.9 Å². The molecule has 96 valence electrons. The Hall–Kier alpha value is -0.910. The van der Waals surface area contributed by atoms with E-state index in [1.807, 2.05) is 0 Å². The van der Waals surface area contributed by atoms with Crippen LogP contribution in [0.2, 0.25) is 0 Å². The van der Waals surface area contributed by atoms with Gasteiger partial charge in [0.05, 0.1) is 0 Å². The van der Waals surface area contributed by atoms with Gasteiger partial charge in [0.25, 0.3) is 0 Å². The van der Waals surface area contributed by atoms with Crippen molar-refractivity contribution in [2.75, 3.05) is 13.1 Å². The molecule has 1 heterocycles. The first-order valence-corrected chi connectivity index (χ1v) is 6.46. The van der Waals surface area contributed by atoms with E-state index in [0.29, 0.717) is 6.54 Å². The summed E-state index contributed by atoms with van der Waals surface area (Å²) in [5.41, 5.74) is 6.71. The molecule has 0 radical (unpaired) electrons. The molecule has 0 saturated heterocycles. The number of carboxylic acid groups (broad SMARTS) is 1. The Bertz CT molecular complexity index is 388. The highest BCUT2D eigenvalue weighted by Gasteiger charge is 2.24. The molecule has 1 aromatic rings. The third-order valence-corrected chi connectivity index (χ3v) is 4.11. The van der Waals surface area contributed by atoms with Crippen LogP contribution >= 0.6 is 11.3 Å². The molecule has 0 amide bonds. The van der Waals surface area contributed by atoms with Gasteiger partial charge >= 0.3 is 5.97 Å². The predicted molar refractivity (Wildman–Crippen MR) is 70.6 cm³/mol. The quantitative estimate of drug-likeness (QED) is 0.718. The molecule has 0 bridgehead atoms. The normalized spacial score (nSPS) is 13.6. The zero-order valence-electron chi connectivity index (χ0n) is 10.5. The standard InChI is InChI=1S/C12H20N2O2S/c1-8-4-5-17-10(8)12(2,3)7-14-6-9(13)11(15)16/h4-5,9,14H,6-7,13H2,1-3H3,(H,15,16). The summed E-state index contributed by atoms with van der Waals surface area (Å²) in [6, 6.07) is 1.26. The summed E-state index contributed by atoms with van der Waals surface area (Å²) >= 11 is 1.73. The van der Waals surface area contributed by atoms with Crippen LogP contribution in [0.15, 0.2) is 11.4 Å². The second-order valence-electron chi connectivity index (χ2n) is 4.89. The highest BCUT2D eigenvalue weighted by molar-refractivity contribution is 7.10. The van der Waals surface area contributed by atoms with E-state index in [-0.39, 0.29) is 5.41 Å². The Kier molecular flexibility index (Phi) is 4.68. The van der Waals surface area contributed by atoms with E-state index < -0.39 is 12.0 Å². The van der Waals surface area contributed by atoms with E-state index in [0.717, 1.165) is 6.54 Å². The van der Waals surface area contributed by atoms with Crippen LogP contribution in [0.4, 0.5) is 0 Å². The van der Waals surface area contributed by atoms with Crippen molar-refractivity contribution in [1.82, 2.24) is 5.32 Å². The molecule has 5 heteroatoms. The number of hydrogen-bond acceptors (Lipinski definition) is 4. The number of carbonyl (C=O) groups is 1. The van der Waals surface area contributed by atoms with Crippen LogP contribution in [0.5, 0.6) is 0 Å². The third-order valence-electron chi connectivity index (χ3n) is 2.73. The van der Waals surface area contributed by atoms with Crippen molar-refractivity contribution in [3.8, 4) is 0 Å². The number of rotatable bonds is 6. The van der Waals surface area contributed by atoms with Crippen molar-refractivity contribution < 1.29 is 9.90 Å². The Morgan fingerprint density at radius 2 is 2.29 bits per heavy atom. The molecule has 0 aliphatic heterocycles. The van der Waals surface area contributed by atoms with Crippen LogP contribution in [-0.2, 0) is 10.2 Å². The number of nitrogens with one attached hydrogen (secondary N) is 1. The van der Waals surface area contributed by atoms with Gasteiger partial charge in [-0.25, -0.2) is 0 Å². The van der Waals surface area contributed by atoms with Crippen molar-refractivity contribution in [3.63, 3.8) is 0 Å². The van der Waals surface area contributed by atoms with Gasteiger partial charge in [0.2, 0.25) is 0 Å². The second kappa shape index (κ2) is 5.62. The van der Waals surface area contributed by atoms with Gasteiger partial charge in [0.15, 0.2) is 0 Å². The summed E-state index contributed by atoms with van der Waals surface area (Å²) in [6.07, 6.45) is 0. The Balaban J connectivity index is 2.51. The van der Waals surface area contributed by atoms with Crippen LogP contribution < -0.4 is 11.1 Å². The molecule has 0 fully saturated rings. The van der Waals surface area contributed by atoms with E-state index in [1.165, 1.54) is 10.4 Å². The zero-order valence-corrected chi connectivity index (χ0v) is 11.3. The molecule has 0 aliphatic rings. The fourth-order valence-electron chi connectivity index (χ4n) is 1.77. The SMILES string of the molecule is Cc1ccsc1C(C)(C)CNCC(N)C(=O)O. The fraction of sp³-hybridized carbons (Fsp3) is 0.583. The molecule has 0 spiro atoms. The lowest BCUT2D eigenvalue weighted by Crippen LogP contribution is -2.43. The first-order valence-electron chi connectivity index (χ1n) is 5.58. The molecule has 4 N–H and O–H groups in total. The largest absolute Gasteiger partial charge is 0.480 e. The van der Waals surface area contributed by atoms with Gasteiger partial charge in [-0.15, -0.1) is 11.3 Å². The summed E-state index contributed by atoms with van der Waals surface area (Å²) < 4.78 is 0. The summed E-state index contributed by atoms with van der Waals surface area (Å²) in [6.45, 7) is 7.39. The maximum absolute atomic E-state index is 10.6. The number of aryl methyl sites for hydroxylation is 1. The molecule has 1 aromatic heterocycles. The van der Waals surface area contributed by atoms with Crippen LogP contribution in [0, 0.1) is 6.92 Å². The fourth-order valence-corrected chi connectivity index (χ4v) is 2.83. The molecule has 17 heavy (non-hydrogen) atoms. The Labute approximate surface area is 106 Å². The van der Waals surface area contributed by atoms with Crippen molar-refractivity contribution in [1.29, 1.82) is 0 Å². The first kappa shape index (κ1) is 14.2. The van der Waals surface area contributed by atoms with E-state index >= 15 is 0 Å². The van der Waals surface area contributed by atoms with E-state index in [4.69, 9.17) is 10.8 Å². The van der Waals surface area contributed by atoms with Crippen molar-refractivity contribution in [2.45, 2.75) is 32.2 Å². The minimum atomic E-state index is -0.970. The maximum atomic E-state index is 10.6. The first-order chi connectivity index (χ1) is 7.84. The highest BCUT2D eigenvalue weighted by Crippen LogP contribution is 2.30. The predicted octanol–water partition coefficient (Wildman–Crippen LogP) is 1.34. The number of thiophene rings is 1. The van der Waals surface area contributed by atoms with Gasteiger partial charge in [0, 0.05) is 23.4 Å². The van der Waals surface area contributed by atoms with Crippen LogP contribution in [0.25, 0.3) is 0 Å². The highest BCUT2D eigenvalue weighted by atomic mass is 32.1. The second-order valence-corrected chi connectivity index (χ2v) is 5.81.